The highest BCUT2D eigenvalue weighted by Gasteiger charge is 2.25. The van der Waals surface area contributed by atoms with Crippen molar-refractivity contribution in [3.8, 4) is 0 Å². The molecule has 0 aliphatic carbocycles. The summed E-state index contributed by atoms with van der Waals surface area (Å²) in [7, 11) is 3.37. The second-order valence-electron chi connectivity index (χ2n) is 11.3. The van der Waals surface area contributed by atoms with Gasteiger partial charge in [0.1, 0.15) is 17.2 Å². The van der Waals surface area contributed by atoms with Gasteiger partial charge in [0.05, 0.1) is 12.1 Å². The molecule has 10 heteroatoms. The molecule has 3 N–H and O–H groups in total. The molecule has 212 valence electrons. The number of amides is 3. The van der Waals surface area contributed by atoms with Crippen LogP contribution in [0.4, 0.5) is 16.2 Å². The molecule has 0 saturated heterocycles. The van der Waals surface area contributed by atoms with E-state index in [-0.39, 0.29) is 18.9 Å². The second kappa shape index (κ2) is 13.1. The predicted octanol–water partition coefficient (Wildman–Crippen LogP) is 4.22. The molecule has 0 heterocycles. The van der Waals surface area contributed by atoms with Crippen LogP contribution in [-0.2, 0) is 25.5 Å². The van der Waals surface area contributed by atoms with Gasteiger partial charge >= 0.3 is 12.1 Å². The number of anilines is 2. The minimum absolute atomic E-state index is 0.0588. The number of carbonyl (C=O) groups excluding carboxylic acids is 4. The van der Waals surface area contributed by atoms with Crippen LogP contribution in [0.1, 0.15) is 57.5 Å². The van der Waals surface area contributed by atoms with Gasteiger partial charge in [-0.1, -0.05) is 12.1 Å². The highest BCUT2D eigenvalue weighted by Crippen LogP contribution is 2.17. The summed E-state index contributed by atoms with van der Waals surface area (Å²) in [6, 6.07) is 12.6. The molecule has 0 aliphatic heterocycles. The van der Waals surface area contributed by atoms with Crippen molar-refractivity contribution < 1.29 is 28.7 Å². The number of hydrogen-bond acceptors (Lipinski definition) is 7. The van der Waals surface area contributed by atoms with E-state index in [0.29, 0.717) is 11.3 Å². The lowest BCUT2D eigenvalue weighted by molar-refractivity contribution is -0.126. The monoisotopic (exact) mass is 540 g/mol. The van der Waals surface area contributed by atoms with Gasteiger partial charge in [0.25, 0.3) is 0 Å². The lowest BCUT2D eigenvalue weighted by Gasteiger charge is -2.23. The fourth-order valence-corrected chi connectivity index (χ4v) is 3.25. The van der Waals surface area contributed by atoms with Crippen molar-refractivity contribution in [2.45, 2.75) is 65.2 Å². The Morgan fingerprint density at radius 3 is 1.85 bits per heavy atom. The average molecular weight is 541 g/mol. The number of alkyl carbamates (subject to hydrolysis) is 1. The number of nitrogens with one attached hydrogen (secondary N) is 3. The van der Waals surface area contributed by atoms with Crippen LogP contribution in [0.2, 0.25) is 0 Å². The van der Waals surface area contributed by atoms with Crippen LogP contribution in [-0.4, -0.2) is 66.7 Å². The normalized spacial score (nSPS) is 12.1. The summed E-state index contributed by atoms with van der Waals surface area (Å²) < 4.78 is 10.7. The molecule has 0 radical (unpaired) electrons. The van der Waals surface area contributed by atoms with E-state index in [1.165, 1.54) is 4.90 Å². The molecule has 39 heavy (non-hydrogen) atoms. The van der Waals surface area contributed by atoms with Crippen molar-refractivity contribution in [3.63, 3.8) is 0 Å². The third kappa shape index (κ3) is 11.5. The van der Waals surface area contributed by atoms with Crippen LogP contribution in [0, 0.1) is 0 Å². The van der Waals surface area contributed by atoms with Crippen LogP contribution in [0.3, 0.4) is 0 Å². The summed E-state index contributed by atoms with van der Waals surface area (Å²) >= 11 is 0. The lowest BCUT2D eigenvalue weighted by Crippen LogP contribution is -2.47. The van der Waals surface area contributed by atoms with Crippen molar-refractivity contribution in [2.75, 3.05) is 31.3 Å². The Hall–Kier alpha value is -4.08. The largest absolute Gasteiger partial charge is 0.456 e. The quantitative estimate of drug-likeness (QED) is 0.407. The van der Waals surface area contributed by atoms with E-state index in [1.807, 2.05) is 12.1 Å². The zero-order valence-electron chi connectivity index (χ0n) is 24.0. The van der Waals surface area contributed by atoms with Gasteiger partial charge in [0.15, 0.2) is 0 Å². The molecule has 2 aromatic rings. The number of rotatable bonds is 9. The lowest BCUT2D eigenvalue weighted by atomic mass is 10.0. The van der Waals surface area contributed by atoms with Crippen molar-refractivity contribution in [1.82, 2.24) is 10.2 Å². The van der Waals surface area contributed by atoms with Crippen LogP contribution in [0.5, 0.6) is 0 Å². The zero-order valence-corrected chi connectivity index (χ0v) is 24.0. The number of hydrogen-bond donors (Lipinski definition) is 3. The van der Waals surface area contributed by atoms with E-state index in [9.17, 15) is 19.2 Å². The van der Waals surface area contributed by atoms with Crippen molar-refractivity contribution in [1.29, 1.82) is 0 Å². The van der Waals surface area contributed by atoms with Crippen molar-refractivity contribution in [2.24, 2.45) is 0 Å². The number of benzene rings is 2. The number of likely N-dealkylation sites (N-methyl/N-ethyl adjacent to an activating group) is 1. The van der Waals surface area contributed by atoms with Gasteiger partial charge in [-0.3, -0.25) is 9.59 Å². The smallest absolute Gasteiger partial charge is 0.408 e. The molecule has 1 atom stereocenters. The molecule has 0 aromatic heterocycles. The Balaban J connectivity index is 2.13. The van der Waals surface area contributed by atoms with Gasteiger partial charge in [-0.2, -0.15) is 0 Å². The maximum Gasteiger partial charge on any atom is 0.408 e. The van der Waals surface area contributed by atoms with E-state index in [1.54, 1.807) is 92.0 Å². The van der Waals surface area contributed by atoms with Gasteiger partial charge < -0.3 is 30.3 Å². The zero-order chi connectivity index (χ0) is 29.4. The minimum atomic E-state index is -0.945. The SMILES string of the molecule is CN(C)C(=O)CNc1ccc(C[C@H](NC(=O)OC(C)(C)C)C(=O)Nc2ccc(C(=O)OC(C)(C)C)cc2)cc1. The first-order valence-corrected chi connectivity index (χ1v) is 12.7. The van der Waals surface area contributed by atoms with E-state index >= 15 is 0 Å². The number of ether oxygens (including phenoxy) is 2. The number of carbonyl (C=O) groups is 4. The highest BCUT2D eigenvalue weighted by molar-refractivity contribution is 5.97. The molecular weight excluding hydrogens is 500 g/mol. The van der Waals surface area contributed by atoms with Crippen LogP contribution < -0.4 is 16.0 Å². The molecule has 3 amide bonds. The molecule has 0 fully saturated rings. The summed E-state index contributed by atoms with van der Waals surface area (Å²) in [6.45, 7) is 10.7. The average Bonchev–Trinajstić information content (AvgIpc) is 2.81. The summed E-state index contributed by atoms with van der Waals surface area (Å²) in [5.74, 6) is -0.977. The van der Waals surface area contributed by atoms with E-state index < -0.39 is 35.2 Å². The molecule has 2 aromatic carbocycles. The van der Waals surface area contributed by atoms with Crippen LogP contribution in [0.25, 0.3) is 0 Å². The topological polar surface area (TPSA) is 126 Å². The minimum Gasteiger partial charge on any atom is -0.456 e. The van der Waals surface area contributed by atoms with Crippen molar-refractivity contribution >= 4 is 35.3 Å². The maximum atomic E-state index is 13.2. The molecular formula is C29H40N4O6. The number of esters is 1. The van der Waals surface area contributed by atoms with E-state index in [4.69, 9.17) is 9.47 Å². The fourth-order valence-electron chi connectivity index (χ4n) is 3.25. The van der Waals surface area contributed by atoms with E-state index in [0.717, 1.165) is 11.3 Å². The summed E-state index contributed by atoms with van der Waals surface area (Å²) in [5, 5.41) is 8.49. The second-order valence-corrected chi connectivity index (χ2v) is 11.3. The first-order valence-electron chi connectivity index (χ1n) is 12.7. The van der Waals surface area contributed by atoms with Gasteiger partial charge in [-0.25, -0.2) is 9.59 Å². The summed E-state index contributed by atoms with van der Waals surface area (Å²) in [6.07, 6.45) is -0.527. The van der Waals surface area contributed by atoms with Gasteiger partial charge in [-0.15, -0.1) is 0 Å². The first-order chi connectivity index (χ1) is 18.0. The molecule has 0 aliphatic rings. The van der Waals surface area contributed by atoms with Crippen LogP contribution in [0.15, 0.2) is 48.5 Å². The Bertz CT molecular complexity index is 1150. The Labute approximate surface area is 230 Å². The molecule has 0 spiro atoms. The Morgan fingerprint density at radius 1 is 0.795 bits per heavy atom. The summed E-state index contributed by atoms with van der Waals surface area (Å²) in [4.78, 5) is 51.3. The molecule has 10 nitrogen and oxygen atoms in total. The molecule has 2 rings (SSSR count). The van der Waals surface area contributed by atoms with Gasteiger partial charge in [0, 0.05) is 31.9 Å². The maximum absolute atomic E-state index is 13.2. The third-order valence-corrected chi connectivity index (χ3v) is 5.13. The molecule has 0 unspecified atom stereocenters. The molecule has 0 saturated carbocycles. The van der Waals surface area contributed by atoms with E-state index in [2.05, 4.69) is 16.0 Å². The highest BCUT2D eigenvalue weighted by atomic mass is 16.6. The Morgan fingerprint density at radius 2 is 1.33 bits per heavy atom. The van der Waals surface area contributed by atoms with Gasteiger partial charge in [0.2, 0.25) is 11.8 Å². The van der Waals surface area contributed by atoms with Crippen molar-refractivity contribution in [3.05, 3.63) is 59.7 Å². The van der Waals surface area contributed by atoms with Crippen LogP contribution >= 0.6 is 0 Å². The predicted molar refractivity (Wildman–Crippen MR) is 151 cm³/mol. The molecule has 0 bridgehead atoms. The Kier molecular flexibility index (Phi) is 10.5. The van der Waals surface area contributed by atoms with Gasteiger partial charge in [-0.05, 0) is 83.5 Å². The first kappa shape index (κ1) is 31.1. The third-order valence-electron chi connectivity index (χ3n) is 5.13. The number of nitrogens with zero attached hydrogens (tertiary/aromatic N) is 1. The fraction of sp³-hybridized carbons (Fsp3) is 0.448. The standard InChI is InChI=1S/C29H40N4O6/c1-28(2,3)38-26(36)20-11-15-22(16-12-20)31-25(35)23(32-27(37)39-29(4,5)6)17-19-9-13-21(14-10-19)30-18-24(34)33(7)8/h9-16,23,30H,17-18H2,1-8H3,(H,31,35)(H,32,37)/t23-/m0/s1. The summed E-state index contributed by atoms with van der Waals surface area (Å²) in [5.41, 5.74) is 0.986.